The van der Waals surface area contributed by atoms with Gasteiger partial charge in [0.25, 0.3) is 0 Å². The van der Waals surface area contributed by atoms with Crippen molar-refractivity contribution in [1.82, 2.24) is 20.4 Å². The molecule has 1 aromatic heterocycles. The molecule has 0 aliphatic heterocycles. The first-order valence-corrected chi connectivity index (χ1v) is 9.45. The van der Waals surface area contributed by atoms with Crippen LogP contribution in [0.4, 0.5) is 4.79 Å². The average molecular weight is 378 g/mol. The molecule has 1 heterocycles. The first kappa shape index (κ1) is 19.6. The molecule has 0 aliphatic rings. The van der Waals surface area contributed by atoms with Crippen LogP contribution in [0.1, 0.15) is 43.8 Å². The summed E-state index contributed by atoms with van der Waals surface area (Å²) in [4.78, 5) is 19.0. The second kappa shape index (κ2) is 8.69. The van der Waals surface area contributed by atoms with E-state index in [2.05, 4.69) is 15.5 Å². The molecule has 2 aromatic carbocycles. The van der Waals surface area contributed by atoms with Crippen molar-refractivity contribution in [2.45, 2.75) is 46.3 Å². The molecule has 3 rings (SSSR count). The smallest absolute Gasteiger partial charge is 0.318 e. The summed E-state index contributed by atoms with van der Waals surface area (Å²) in [6.07, 6.45) is 0. The molecule has 28 heavy (non-hydrogen) atoms. The summed E-state index contributed by atoms with van der Waals surface area (Å²) in [6.45, 7) is 8.20. The number of hydrogen-bond acceptors (Lipinski definition) is 4. The van der Waals surface area contributed by atoms with Crippen LogP contribution >= 0.6 is 0 Å². The highest BCUT2D eigenvalue weighted by Gasteiger charge is 2.22. The maximum atomic E-state index is 12.8. The van der Waals surface area contributed by atoms with Gasteiger partial charge < -0.3 is 14.7 Å². The Morgan fingerprint density at radius 3 is 2.39 bits per heavy atom. The Kier molecular flexibility index (Phi) is 6.09. The fourth-order valence-electron chi connectivity index (χ4n) is 2.86. The summed E-state index contributed by atoms with van der Waals surface area (Å²) < 4.78 is 5.37. The third kappa shape index (κ3) is 4.76. The van der Waals surface area contributed by atoms with E-state index in [-0.39, 0.29) is 24.7 Å². The highest BCUT2D eigenvalue weighted by molar-refractivity contribution is 5.75. The summed E-state index contributed by atoms with van der Waals surface area (Å²) in [7, 11) is 0. The highest BCUT2D eigenvalue weighted by atomic mass is 16.5. The molecule has 6 nitrogen and oxygen atoms in total. The maximum Gasteiger partial charge on any atom is 0.318 e. The van der Waals surface area contributed by atoms with Gasteiger partial charge in [-0.2, -0.15) is 4.98 Å². The lowest BCUT2D eigenvalue weighted by atomic mass is 10.1. The number of amides is 2. The molecular weight excluding hydrogens is 352 g/mol. The lowest BCUT2D eigenvalue weighted by molar-refractivity contribution is 0.166. The van der Waals surface area contributed by atoms with Crippen molar-refractivity contribution in [2.75, 3.05) is 0 Å². The summed E-state index contributed by atoms with van der Waals surface area (Å²) >= 11 is 0. The van der Waals surface area contributed by atoms with Crippen LogP contribution in [0.5, 0.6) is 0 Å². The Morgan fingerprint density at radius 2 is 1.75 bits per heavy atom. The largest absolute Gasteiger partial charge is 0.337 e. The number of carbonyl (C=O) groups is 1. The zero-order valence-electron chi connectivity index (χ0n) is 16.7. The number of hydrogen-bond donors (Lipinski definition) is 1. The fraction of sp³-hybridized carbons (Fsp3) is 0.318. The number of aryl methyl sites for hydroxylation is 1. The lowest BCUT2D eigenvalue weighted by Gasteiger charge is -2.27. The molecule has 1 N–H and O–H groups in total. The number of urea groups is 1. The van der Waals surface area contributed by atoms with Crippen LogP contribution in [0, 0.1) is 6.92 Å². The molecule has 0 bridgehead atoms. The third-order valence-corrected chi connectivity index (χ3v) is 4.61. The molecule has 6 heteroatoms. The van der Waals surface area contributed by atoms with Crippen LogP contribution in [0.15, 0.2) is 59.1 Å². The van der Waals surface area contributed by atoms with Gasteiger partial charge in [-0.15, -0.1) is 0 Å². The number of rotatable bonds is 6. The summed E-state index contributed by atoms with van der Waals surface area (Å²) in [5.41, 5.74) is 3.13. The summed E-state index contributed by atoms with van der Waals surface area (Å²) in [5.74, 6) is 0.929. The van der Waals surface area contributed by atoms with Crippen molar-refractivity contribution in [2.24, 2.45) is 0 Å². The second-order valence-corrected chi connectivity index (χ2v) is 7.18. The van der Waals surface area contributed by atoms with Crippen molar-refractivity contribution < 1.29 is 9.32 Å². The molecule has 1 atom stereocenters. The Bertz CT molecular complexity index is 904. The number of aromatic nitrogens is 2. The van der Waals surface area contributed by atoms with Gasteiger partial charge in [0.05, 0.1) is 6.04 Å². The van der Waals surface area contributed by atoms with Crippen molar-refractivity contribution in [3.63, 3.8) is 0 Å². The standard InChI is InChI=1S/C22H26N4O2/c1-15(2)26(22(27)23-17(4)18-12-10-16(3)11-13-18)14-20-24-21(25-28-20)19-8-6-5-7-9-19/h5-13,15,17H,14H2,1-4H3,(H,23,27)/t17-/m0/s1. The van der Waals surface area contributed by atoms with Gasteiger partial charge in [-0.3, -0.25) is 0 Å². The first-order valence-electron chi connectivity index (χ1n) is 9.45. The van der Waals surface area contributed by atoms with E-state index in [0.29, 0.717) is 11.7 Å². The zero-order chi connectivity index (χ0) is 20.1. The van der Waals surface area contributed by atoms with Crippen LogP contribution < -0.4 is 5.32 Å². The number of benzene rings is 2. The number of nitrogens with zero attached hydrogens (tertiary/aromatic N) is 3. The maximum absolute atomic E-state index is 12.8. The molecular formula is C22H26N4O2. The lowest BCUT2D eigenvalue weighted by Crippen LogP contribution is -2.44. The second-order valence-electron chi connectivity index (χ2n) is 7.18. The molecule has 2 amide bonds. The van der Waals surface area contributed by atoms with Gasteiger partial charge in [0, 0.05) is 11.6 Å². The van der Waals surface area contributed by atoms with E-state index >= 15 is 0 Å². The van der Waals surface area contributed by atoms with Crippen molar-refractivity contribution in [3.05, 3.63) is 71.6 Å². The Labute approximate surface area is 165 Å². The van der Waals surface area contributed by atoms with Crippen LogP contribution in [-0.4, -0.2) is 27.1 Å². The summed E-state index contributed by atoms with van der Waals surface area (Å²) in [5, 5.41) is 7.08. The van der Waals surface area contributed by atoms with Gasteiger partial charge in [-0.05, 0) is 33.3 Å². The van der Waals surface area contributed by atoms with Crippen LogP contribution in [0.25, 0.3) is 11.4 Å². The van der Waals surface area contributed by atoms with E-state index in [4.69, 9.17) is 4.52 Å². The highest BCUT2D eigenvalue weighted by Crippen LogP contribution is 2.18. The molecule has 146 valence electrons. The van der Waals surface area contributed by atoms with Crippen molar-refractivity contribution >= 4 is 6.03 Å². The Morgan fingerprint density at radius 1 is 1.07 bits per heavy atom. The monoisotopic (exact) mass is 378 g/mol. The van der Waals surface area contributed by atoms with Gasteiger partial charge in [-0.25, -0.2) is 4.79 Å². The Hall–Kier alpha value is -3.15. The van der Waals surface area contributed by atoms with Crippen LogP contribution in [0.3, 0.4) is 0 Å². The number of carbonyl (C=O) groups excluding carboxylic acids is 1. The van der Waals surface area contributed by atoms with Gasteiger partial charge in [0.1, 0.15) is 6.54 Å². The number of nitrogens with one attached hydrogen (secondary N) is 1. The molecule has 0 spiro atoms. The zero-order valence-corrected chi connectivity index (χ0v) is 16.7. The minimum absolute atomic E-state index is 0.0164. The van der Waals surface area contributed by atoms with E-state index in [1.807, 2.05) is 82.3 Å². The SMILES string of the molecule is Cc1ccc([C@H](C)NC(=O)N(Cc2nc(-c3ccccc3)no2)C(C)C)cc1. The quantitative estimate of drug-likeness (QED) is 0.673. The fourth-order valence-corrected chi connectivity index (χ4v) is 2.86. The molecule has 0 aliphatic carbocycles. The van der Waals surface area contributed by atoms with Crippen LogP contribution in [0.2, 0.25) is 0 Å². The van der Waals surface area contributed by atoms with Gasteiger partial charge in [0.2, 0.25) is 11.7 Å². The van der Waals surface area contributed by atoms with E-state index in [1.165, 1.54) is 5.56 Å². The molecule has 0 fully saturated rings. The van der Waals surface area contributed by atoms with Gasteiger partial charge >= 0.3 is 6.03 Å². The van der Waals surface area contributed by atoms with Crippen molar-refractivity contribution in [1.29, 1.82) is 0 Å². The predicted octanol–water partition coefficient (Wildman–Crippen LogP) is 4.73. The normalized spacial score (nSPS) is 12.0. The topological polar surface area (TPSA) is 71.3 Å². The van der Waals surface area contributed by atoms with Gasteiger partial charge in [0.15, 0.2) is 0 Å². The van der Waals surface area contributed by atoms with E-state index < -0.39 is 0 Å². The van der Waals surface area contributed by atoms with Gasteiger partial charge in [-0.1, -0.05) is 65.3 Å². The summed E-state index contributed by atoms with van der Waals surface area (Å²) in [6, 6.07) is 17.5. The predicted molar refractivity (Wildman–Crippen MR) is 109 cm³/mol. The molecule has 0 saturated carbocycles. The minimum atomic E-state index is -0.164. The van der Waals surface area contributed by atoms with Crippen LogP contribution in [-0.2, 0) is 6.54 Å². The molecule has 0 unspecified atom stereocenters. The Balaban J connectivity index is 1.68. The van der Waals surface area contributed by atoms with E-state index in [0.717, 1.165) is 11.1 Å². The first-order chi connectivity index (χ1) is 13.4. The molecule has 3 aromatic rings. The van der Waals surface area contributed by atoms with E-state index in [9.17, 15) is 4.79 Å². The third-order valence-electron chi connectivity index (χ3n) is 4.61. The van der Waals surface area contributed by atoms with E-state index in [1.54, 1.807) is 4.90 Å². The molecule has 0 radical (unpaired) electrons. The minimum Gasteiger partial charge on any atom is -0.337 e. The average Bonchev–Trinajstić information content (AvgIpc) is 3.15. The molecule has 0 saturated heterocycles. The van der Waals surface area contributed by atoms with Crippen molar-refractivity contribution in [3.8, 4) is 11.4 Å².